The van der Waals surface area contributed by atoms with Crippen molar-refractivity contribution in [1.29, 1.82) is 5.26 Å². The number of hydrogen-bond acceptors (Lipinski definition) is 5. The molecule has 1 aliphatic rings. The van der Waals surface area contributed by atoms with Gasteiger partial charge in [0.1, 0.15) is 11.6 Å². The van der Waals surface area contributed by atoms with Gasteiger partial charge in [0.15, 0.2) is 17.5 Å². The summed E-state index contributed by atoms with van der Waals surface area (Å²) in [6.07, 6.45) is 1.76. The van der Waals surface area contributed by atoms with Gasteiger partial charge in [0.05, 0.1) is 18.2 Å². The van der Waals surface area contributed by atoms with E-state index in [1.54, 1.807) is 13.0 Å². The largest absolute Gasteiger partial charge is 0.466 e. The predicted octanol–water partition coefficient (Wildman–Crippen LogP) is 2.72. The number of ether oxygens (including phenoxy) is 1. The minimum atomic E-state index is -1.65. The zero-order valence-corrected chi connectivity index (χ0v) is 14.6. The molecule has 2 rings (SSSR count). The Morgan fingerprint density at radius 3 is 2.56 bits per heavy atom. The van der Waals surface area contributed by atoms with Crippen LogP contribution in [0.3, 0.4) is 0 Å². The smallest absolute Gasteiger partial charge is 0.309 e. The molecule has 0 spiro atoms. The van der Waals surface area contributed by atoms with Crippen LogP contribution in [0.1, 0.15) is 19.8 Å². The molecule has 1 aromatic carbocycles. The van der Waals surface area contributed by atoms with E-state index in [1.807, 2.05) is 0 Å². The Morgan fingerprint density at radius 1 is 1.30 bits per heavy atom. The molecule has 0 unspecified atom stereocenters. The van der Waals surface area contributed by atoms with Gasteiger partial charge in [-0.2, -0.15) is 5.26 Å². The van der Waals surface area contributed by atoms with Crippen LogP contribution in [0.25, 0.3) is 0 Å². The highest BCUT2D eigenvalue weighted by Gasteiger charge is 2.29. The fourth-order valence-corrected chi connectivity index (χ4v) is 2.68. The number of halogens is 3. The molecule has 1 amide bonds. The van der Waals surface area contributed by atoms with Gasteiger partial charge < -0.3 is 15.0 Å². The molecule has 0 bridgehead atoms. The van der Waals surface area contributed by atoms with E-state index >= 15 is 0 Å². The number of anilines is 1. The highest BCUT2D eigenvalue weighted by molar-refractivity contribution is 5.97. The molecule has 1 heterocycles. The molecule has 1 N–H and O–H groups in total. The first kappa shape index (κ1) is 20.3. The molecule has 1 saturated heterocycles. The van der Waals surface area contributed by atoms with Crippen LogP contribution in [-0.4, -0.2) is 36.5 Å². The third kappa shape index (κ3) is 4.78. The van der Waals surface area contributed by atoms with E-state index in [4.69, 9.17) is 4.74 Å². The third-order valence-corrected chi connectivity index (χ3v) is 4.16. The van der Waals surface area contributed by atoms with Crippen LogP contribution in [0.5, 0.6) is 0 Å². The SMILES string of the molecule is CCOC(=O)C1CCN(C(=O)/C(C#N)=C\Nc2ccc(F)c(F)c2F)CC1. The zero-order chi connectivity index (χ0) is 20.0. The first-order chi connectivity index (χ1) is 12.9. The van der Waals surface area contributed by atoms with Gasteiger partial charge in [-0.05, 0) is 31.9 Å². The number of nitriles is 1. The Bertz CT molecular complexity index is 797. The van der Waals surface area contributed by atoms with Gasteiger partial charge in [0.2, 0.25) is 0 Å². The average molecular weight is 381 g/mol. The Hall–Kier alpha value is -3.02. The summed E-state index contributed by atoms with van der Waals surface area (Å²) in [6.45, 7) is 2.52. The molecule has 0 aromatic heterocycles. The van der Waals surface area contributed by atoms with E-state index in [0.29, 0.717) is 12.8 Å². The molecule has 1 aromatic rings. The van der Waals surface area contributed by atoms with Crippen molar-refractivity contribution in [2.24, 2.45) is 5.92 Å². The molecule has 0 aliphatic carbocycles. The summed E-state index contributed by atoms with van der Waals surface area (Å²) in [5.41, 5.74) is -0.732. The van der Waals surface area contributed by atoms with Gasteiger partial charge in [-0.3, -0.25) is 9.59 Å². The fourth-order valence-electron chi connectivity index (χ4n) is 2.68. The molecule has 0 radical (unpaired) electrons. The molecular weight excluding hydrogens is 363 g/mol. The minimum Gasteiger partial charge on any atom is -0.466 e. The summed E-state index contributed by atoms with van der Waals surface area (Å²) in [5, 5.41) is 11.5. The molecule has 6 nitrogen and oxygen atoms in total. The van der Waals surface area contributed by atoms with E-state index in [0.717, 1.165) is 18.3 Å². The number of nitrogens with zero attached hydrogens (tertiary/aromatic N) is 2. The maximum absolute atomic E-state index is 13.6. The summed E-state index contributed by atoms with van der Waals surface area (Å²) in [5.74, 6) is -5.65. The van der Waals surface area contributed by atoms with Gasteiger partial charge in [0, 0.05) is 19.3 Å². The number of benzene rings is 1. The number of rotatable bonds is 5. The van der Waals surface area contributed by atoms with Crippen LogP contribution in [0.15, 0.2) is 23.9 Å². The van der Waals surface area contributed by atoms with Gasteiger partial charge in [-0.1, -0.05) is 0 Å². The van der Waals surface area contributed by atoms with Crippen molar-refractivity contribution in [2.75, 3.05) is 25.0 Å². The van der Waals surface area contributed by atoms with Crippen LogP contribution in [0, 0.1) is 34.7 Å². The van der Waals surface area contributed by atoms with Gasteiger partial charge in [-0.15, -0.1) is 0 Å². The van der Waals surface area contributed by atoms with Gasteiger partial charge >= 0.3 is 5.97 Å². The molecule has 0 atom stereocenters. The second kappa shape index (κ2) is 9.07. The maximum atomic E-state index is 13.6. The quantitative estimate of drug-likeness (QED) is 0.367. The number of esters is 1. The van der Waals surface area contributed by atoms with E-state index in [1.165, 1.54) is 4.90 Å². The summed E-state index contributed by atoms with van der Waals surface area (Å²) in [4.78, 5) is 25.5. The van der Waals surface area contributed by atoms with Crippen LogP contribution < -0.4 is 5.32 Å². The molecule has 27 heavy (non-hydrogen) atoms. The number of piperidine rings is 1. The first-order valence-corrected chi connectivity index (χ1v) is 8.35. The van der Waals surface area contributed by atoms with Crippen molar-refractivity contribution in [2.45, 2.75) is 19.8 Å². The molecule has 0 saturated carbocycles. The van der Waals surface area contributed by atoms with Crippen LogP contribution in [0.4, 0.5) is 18.9 Å². The number of hydrogen-bond donors (Lipinski definition) is 1. The van der Waals surface area contributed by atoms with Gasteiger partial charge in [0.25, 0.3) is 5.91 Å². The number of nitrogens with one attached hydrogen (secondary N) is 1. The molecule has 9 heteroatoms. The van der Waals surface area contributed by atoms with E-state index in [-0.39, 0.29) is 37.2 Å². The molecular formula is C18H18F3N3O3. The van der Waals surface area contributed by atoms with Crippen LogP contribution in [0.2, 0.25) is 0 Å². The molecule has 1 aliphatic heterocycles. The molecule has 1 fully saturated rings. The maximum Gasteiger partial charge on any atom is 0.309 e. The van der Waals surface area contributed by atoms with Crippen molar-refractivity contribution >= 4 is 17.6 Å². The lowest BCUT2D eigenvalue weighted by molar-refractivity contribution is -0.150. The minimum absolute atomic E-state index is 0.265. The first-order valence-electron chi connectivity index (χ1n) is 8.35. The van der Waals surface area contributed by atoms with Crippen molar-refractivity contribution in [3.8, 4) is 6.07 Å². The van der Waals surface area contributed by atoms with Crippen LogP contribution in [-0.2, 0) is 14.3 Å². The van der Waals surface area contributed by atoms with E-state index < -0.39 is 29.0 Å². The lowest BCUT2D eigenvalue weighted by Crippen LogP contribution is -2.41. The second-order valence-corrected chi connectivity index (χ2v) is 5.86. The summed E-state index contributed by atoms with van der Waals surface area (Å²) >= 11 is 0. The third-order valence-electron chi connectivity index (χ3n) is 4.16. The normalized spacial score (nSPS) is 15.2. The number of carbonyl (C=O) groups is 2. The standard InChI is InChI=1S/C18H18F3N3O3/c1-2-27-18(26)11-5-7-24(8-6-11)17(25)12(9-22)10-23-14-4-3-13(19)15(20)16(14)21/h3-4,10-11,23H,2,5-8H2,1H3/b12-10-. The van der Waals surface area contributed by atoms with E-state index in [2.05, 4.69) is 5.32 Å². The van der Waals surface area contributed by atoms with Gasteiger partial charge in [-0.25, -0.2) is 13.2 Å². The summed E-state index contributed by atoms with van der Waals surface area (Å²) in [6, 6.07) is 3.37. The molecule has 144 valence electrons. The summed E-state index contributed by atoms with van der Waals surface area (Å²) in [7, 11) is 0. The highest BCUT2D eigenvalue weighted by Crippen LogP contribution is 2.22. The topological polar surface area (TPSA) is 82.4 Å². The Morgan fingerprint density at radius 2 is 1.96 bits per heavy atom. The Labute approximate surface area is 154 Å². The van der Waals surface area contributed by atoms with Crippen molar-refractivity contribution in [3.05, 3.63) is 41.4 Å². The van der Waals surface area contributed by atoms with Crippen molar-refractivity contribution in [1.82, 2.24) is 4.90 Å². The number of carbonyl (C=O) groups excluding carboxylic acids is 2. The second-order valence-electron chi connectivity index (χ2n) is 5.86. The summed E-state index contributed by atoms with van der Waals surface area (Å²) < 4.78 is 44.7. The lowest BCUT2D eigenvalue weighted by atomic mass is 9.96. The monoisotopic (exact) mass is 381 g/mol. The Kier molecular flexibility index (Phi) is 6.82. The Balaban J connectivity index is 2.02. The van der Waals surface area contributed by atoms with Crippen LogP contribution >= 0.6 is 0 Å². The zero-order valence-electron chi connectivity index (χ0n) is 14.6. The predicted molar refractivity (Wildman–Crippen MR) is 89.6 cm³/mol. The lowest BCUT2D eigenvalue weighted by Gasteiger charge is -2.30. The average Bonchev–Trinajstić information content (AvgIpc) is 2.68. The number of likely N-dealkylation sites (tertiary alicyclic amines) is 1. The highest BCUT2D eigenvalue weighted by atomic mass is 19.2. The number of amides is 1. The van der Waals surface area contributed by atoms with Crippen molar-refractivity contribution < 1.29 is 27.5 Å². The fraction of sp³-hybridized carbons (Fsp3) is 0.389. The van der Waals surface area contributed by atoms with E-state index in [9.17, 15) is 28.0 Å². The van der Waals surface area contributed by atoms with Crippen molar-refractivity contribution in [3.63, 3.8) is 0 Å².